The molecule has 0 radical (unpaired) electrons. The van der Waals surface area contributed by atoms with Crippen LogP contribution >= 0.6 is 0 Å². The number of benzene rings is 2. The van der Waals surface area contributed by atoms with Gasteiger partial charge in [0.2, 0.25) is 5.95 Å². The molecule has 0 aliphatic rings. The number of anilines is 2. The van der Waals surface area contributed by atoms with Gasteiger partial charge >= 0.3 is 0 Å². The number of aromatic nitrogens is 5. The van der Waals surface area contributed by atoms with Crippen molar-refractivity contribution in [3.63, 3.8) is 0 Å². The summed E-state index contributed by atoms with van der Waals surface area (Å²) in [6.07, 6.45) is 3.77. The third-order valence-corrected chi connectivity index (χ3v) is 5.25. The third-order valence-electron chi connectivity index (χ3n) is 5.25. The van der Waals surface area contributed by atoms with E-state index in [1.54, 1.807) is 6.20 Å². The highest BCUT2D eigenvalue weighted by Crippen LogP contribution is 2.26. The minimum absolute atomic E-state index is 0.000694. The molecule has 5 N–H and O–H groups in total. The summed E-state index contributed by atoms with van der Waals surface area (Å²) < 4.78 is 1.81. The first kappa shape index (κ1) is 22.2. The molecular weight excluding hydrogens is 428 g/mol. The number of fused-ring (bicyclic) bond motifs is 1. The van der Waals surface area contributed by atoms with Crippen molar-refractivity contribution in [1.29, 1.82) is 5.26 Å². The maximum atomic E-state index is 13.4. The maximum Gasteiger partial charge on any atom is 0.263 e. The van der Waals surface area contributed by atoms with Gasteiger partial charge in [0.25, 0.3) is 5.56 Å². The number of pyridine rings is 1. The van der Waals surface area contributed by atoms with E-state index in [0.717, 1.165) is 34.4 Å². The molecule has 168 valence electrons. The van der Waals surface area contributed by atoms with Crippen molar-refractivity contribution < 1.29 is 0 Å². The Balaban J connectivity index is 0.000000231. The molecular formula is C25H22N8O. The zero-order valence-corrected chi connectivity index (χ0v) is 18.4. The van der Waals surface area contributed by atoms with Crippen molar-refractivity contribution in [1.82, 2.24) is 24.7 Å². The van der Waals surface area contributed by atoms with E-state index in [4.69, 9.17) is 16.7 Å². The Kier molecular flexibility index (Phi) is 6.32. The number of nitrogens with one attached hydrogen (secondary N) is 1. The molecule has 0 saturated carbocycles. The molecule has 0 amide bonds. The Morgan fingerprint density at radius 3 is 2.53 bits per heavy atom. The molecule has 0 bridgehead atoms. The topological polar surface area (TPSA) is 152 Å². The van der Waals surface area contributed by atoms with Crippen molar-refractivity contribution >= 4 is 22.5 Å². The molecule has 0 spiro atoms. The van der Waals surface area contributed by atoms with Crippen LogP contribution in [-0.4, -0.2) is 24.7 Å². The van der Waals surface area contributed by atoms with Crippen LogP contribution in [-0.2, 0) is 6.42 Å². The van der Waals surface area contributed by atoms with E-state index in [2.05, 4.69) is 33.2 Å². The number of H-pyrrole nitrogens is 1. The van der Waals surface area contributed by atoms with Crippen LogP contribution in [0.3, 0.4) is 0 Å². The van der Waals surface area contributed by atoms with Crippen molar-refractivity contribution in [2.45, 2.75) is 13.3 Å². The lowest BCUT2D eigenvalue weighted by Gasteiger charge is -2.15. The first-order chi connectivity index (χ1) is 16.5. The van der Waals surface area contributed by atoms with E-state index in [1.165, 1.54) is 6.20 Å². The molecule has 3 aromatic heterocycles. The minimum atomic E-state index is 0.000694. The zero-order valence-electron chi connectivity index (χ0n) is 18.4. The molecule has 5 rings (SSSR count). The standard InChI is InChI=1S/C20H17N3O.C5H5N5/c1-2-15-13-14-7-6-10-17(18-11-12-21-22-18)19(14)20(24)23(15)16-8-4-3-5-9-16;6-1-3-2-9-5(8)10-4(3)7/h3-13H,2H2,1H3,(H,21,22);2H,(H4,7,8,9,10). The minimum Gasteiger partial charge on any atom is -0.382 e. The lowest BCUT2D eigenvalue weighted by atomic mass is 10.0. The number of aromatic amines is 1. The van der Waals surface area contributed by atoms with Crippen LogP contribution in [0.25, 0.3) is 27.7 Å². The average molecular weight is 451 g/mol. The summed E-state index contributed by atoms with van der Waals surface area (Å²) in [5.41, 5.74) is 14.3. The first-order valence-corrected chi connectivity index (χ1v) is 10.5. The number of nitrogens with two attached hydrogens (primary N) is 2. The molecule has 0 saturated heterocycles. The Labute approximate surface area is 195 Å². The predicted molar refractivity (Wildman–Crippen MR) is 132 cm³/mol. The highest BCUT2D eigenvalue weighted by atomic mass is 16.1. The molecule has 2 aromatic carbocycles. The molecule has 9 heteroatoms. The van der Waals surface area contributed by atoms with Crippen LogP contribution in [0.1, 0.15) is 18.2 Å². The highest BCUT2D eigenvalue weighted by molar-refractivity contribution is 5.95. The molecule has 0 fully saturated rings. The van der Waals surface area contributed by atoms with Gasteiger partial charge in [-0.25, -0.2) is 4.98 Å². The van der Waals surface area contributed by atoms with E-state index >= 15 is 0 Å². The lowest BCUT2D eigenvalue weighted by molar-refractivity contribution is 0.889. The van der Waals surface area contributed by atoms with Gasteiger partial charge in [-0.2, -0.15) is 15.3 Å². The number of nitrogens with zero attached hydrogens (tertiary/aromatic N) is 5. The lowest BCUT2D eigenvalue weighted by Crippen LogP contribution is -2.22. The van der Waals surface area contributed by atoms with E-state index in [-0.39, 0.29) is 22.9 Å². The van der Waals surface area contributed by atoms with Crippen molar-refractivity contribution in [2.75, 3.05) is 11.5 Å². The zero-order chi connectivity index (χ0) is 24.1. The number of para-hydroxylation sites is 1. The fourth-order valence-electron chi connectivity index (χ4n) is 3.66. The number of nitrogen functional groups attached to an aromatic ring is 2. The second-order valence-electron chi connectivity index (χ2n) is 7.34. The normalized spacial score (nSPS) is 10.4. The first-order valence-electron chi connectivity index (χ1n) is 10.5. The molecule has 5 aromatic rings. The number of hydrogen-bond donors (Lipinski definition) is 3. The average Bonchev–Trinajstić information content (AvgIpc) is 3.39. The Bertz CT molecular complexity index is 1530. The van der Waals surface area contributed by atoms with E-state index in [1.807, 2.05) is 65.2 Å². The van der Waals surface area contributed by atoms with Gasteiger partial charge in [0.05, 0.1) is 17.3 Å². The second-order valence-corrected chi connectivity index (χ2v) is 7.34. The summed E-state index contributed by atoms with van der Waals surface area (Å²) in [4.78, 5) is 20.5. The van der Waals surface area contributed by atoms with Gasteiger partial charge < -0.3 is 11.5 Å². The van der Waals surface area contributed by atoms with Crippen LogP contribution in [0.5, 0.6) is 0 Å². The maximum absolute atomic E-state index is 13.4. The molecule has 0 aliphatic carbocycles. The van der Waals surface area contributed by atoms with Gasteiger partial charge in [0.1, 0.15) is 17.5 Å². The molecule has 3 heterocycles. The van der Waals surface area contributed by atoms with Crippen molar-refractivity contribution in [3.05, 3.63) is 94.7 Å². The summed E-state index contributed by atoms with van der Waals surface area (Å²) in [5.74, 6) is 0.200. The van der Waals surface area contributed by atoms with E-state index in [0.29, 0.717) is 5.39 Å². The smallest absolute Gasteiger partial charge is 0.263 e. The Morgan fingerprint density at radius 1 is 1.09 bits per heavy atom. The number of rotatable bonds is 3. The fraction of sp³-hybridized carbons (Fsp3) is 0.0800. The number of nitriles is 1. The van der Waals surface area contributed by atoms with Gasteiger partial charge in [0, 0.05) is 23.1 Å². The summed E-state index contributed by atoms with van der Waals surface area (Å²) in [6.45, 7) is 2.07. The van der Waals surface area contributed by atoms with Gasteiger partial charge in [-0.15, -0.1) is 0 Å². The van der Waals surface area contributed by atoms with Crippen LogP contribution in [0, 0.1) is 11.3 Å². The van der Waals surface area contributed by atoms with Gasteiger partial charge in [0.15, 0.2) is 0 Å². The van der Waals surface area contributed by atoms with Crippen LogP contribution in [0.4, 0.5) is 11.8 Å². The summed E-state index contributed by atoms with van der Waals surface area (Å²) in [6, 6.07) is 21.5. The summed E-state index contributed by atoms with van der Waals surface area (Å²) >= 11 is 0. The van der Waals surface area contributed by atoms with Gasteiger partial charge in [-0.05, 0) is 36.1 Å². The molecule has 0 aliphatic heterocycles. The van der Waals surface area contributed by atoms with Crippen LogP contribution in [0.15, 0.2) is 77.9 Å². The molecule has 0 atom stereocenters. The number of aryl methyl sites for hydroxylation is 1. The quantitative estimate of drug-likeness (QED) is 0.380. The Morgan fingerprint density at radius 2 is 1.88 bits per heavy atom. The highest BCUT2D eigenvalue weighted by Gasteiger charge is 2.14. The monoisotopic (exact) mass is 450 g/mol. The molecule has 34 heavy (non-hydrogen) atoms. The second kappa shape index (κ2) is 9.67. The van der Waals surface area contributed by atoms with E-state index < -0.39 is 0 Å². The summed E-state index contributed by atoms with van der Waals surface area (Å²) in [7, 11) is 0. The van der Waals surface area contributed by atoms with Gasteiger partial charge in [-0.3, -0.25) is 14.5 Å². The SMILES string of the molecule is CCc1cc2cccc(-c3ccn[nH]3)c2c(=O)n1-c1ccccc1.N#Cc1cnc(N)nc1N. The largest absolute Gasteiger partial charge is 0.382 e. The van der Waals surface area contributed by atoms with Crippen molar-refractivity contribution in [3.8, 4) is 23.0 Å². The number of hydrogen-bond acceptors (Lipinski definition) is 7. The predicted octanol–water partition coefficient (Wildman–Crippen LogP) is 3.46. The van der Waals surface area contributed by atoms with E-state index in [9.17, 15) is 4.79 Å². The Hall–Kier alpha value is -4.97. The fourth-order valence-corrected chi connectivity index (χ4v) is 3.66. The van der Waals surface area contributed by atoms with Crippen molar-refractivity contribution in [2.24, 2.45) is 0 Å². The summed E-state index contributed by atoms with van der Waals surface area (Å²) in [5, 5.41) is 17.0. The van der Waals surface area contributed by atoms with Crippen LogP contribution in [0.2, 0.25) is 0 Å². The molecule has 0 unspecified atom stereocenters. The third kappa shape index (κ3) is 4.33. The van der Waals surface area contributed by atoms with Crippen LogP contribution < -0.4 is 17.0 Å². The molecule has 9 nitrogen and oxygen atoms in total. The van der Waals surface area contributed by atoms with Gasteiger partial charge in [-0.1, -0.05) is 43.3 Å².